The number of aryl methyl sites for hydroxylation is 1. The van der Waals surface area contributed by atoms with E-state index in [1.54, 1.807) is 7.11 Å². The summed E-state index contributed by atoms with van der Waals surface area (Å²) in [6, 6.07) is 26.3. The summed E-state index contributed by atoms with van der Waals surface area (Å²) in [6.45, 7) is 4.85. The van der Waals surface area contributed by atoms with Gasteiger partial charge in [-0.3, -0.25) is 0 Å². The number of nitrogens with zero attached hydrogens (tertiary/aromatic N) is 3. The standard InChI is InChI=1S/C29H28N4O2S/c1-4-20-13-15-22(16-14-20)26-25(19(2)33(29(36)30-26)18-21-9-6-5-7-10-21)28-31-27(32-35-28)23-11-8-12-24(17-23)34-3/h5-17,26H,4,18H2,1-3H3,(H,30,36). The van der Waals surface area contributed by atoms with Crippen LogP contribution in [0.4, 0.5) is 0 Å². The molecule has 5 rings (SSSR count). The lowest BCUT2D eigenvalue weighted by atomic mass is 9.93. The third-order valence-electron chi connectivity index (χ3n) is 6.49. The number of nitrogens with one attached hydrogen (secondary N) is 1. The van der Waals surface area contributed by atoms with Crippen LogP contribution in [0.1, 0.15) is 42.5 Å². The lowest BCUT2D eigenvalue weighted by molar-refractivity contribution is 0.396. The lowest BCUT2D eigenvalue weighted by Crippen LogP contribution is -2.45. The first-order valence-corrected chi connectivity index (χ1v) is 12.4. The van der Waals surface area contributed by atoms with Crippen LogP contribution in [0.2, 0.25) is 0 Å². The van der Waals surface area contributed by atoms with Crippen LogP contribution in [0.3, 0.4) is 0 Å². The van der Waals surface area contributed by atoms with Gasteiger partial charge < -0.3 is 19.5 Å². The molecule has 1 aliphatic rings. The Labute approximate surface area is 216 Å². The molecule has 1 N–H and O–H groups in total. The van der Waals surface area contributed by atoms with Gasteiger partial charge >= 0.3 is 0 Å². The zero-order valence-corrected chi connectivity index (χ0v) is 21.4. The summed E-state index contributed by atoms with van der Waals surface area (Å²) < 4.78 is 11.2. The summed E-state index contributed by atoms with van der Waals surface area (Å²) >= 11 is 5.84. The molecule has 4 aromatic rings. The Balaban J connectivity index is 1.59. The van der Waals surface area contributed by atoms with Crippen molar-refractivity contribution >= 4 is 22.9 Å². The quantitative estimate of drug-likeness (QED) is 0.307. The fourth-order valence-corrected chi connectivity index (χ4v) is 4.74. The average Bonchev–Trinajstić information content (AvgIpc) is 3.41. The maximum atomic E-state index is 5.86. The van der Waals surface area contributed by atoms with Crippen molar-refractivity contribution in [3.05, 3.63) is 107 Å². The fourth-order valence-electron chi connectivity index (χ4n) is 4.42. The van der Waals surface area contributed by atoms with Crippen LogP contribution in [0.5, 0.6) is 5.75 Å². The van der Waals surface area contributed by atoms with E-state index in [4.69, 9.17) is 26.5 Å². The average molecular weight is 497 g/mol. The molecule has 0 fully saturated rings. The van der Waals surface area contributed by atoms with E-state index in [0.29, 0.717) is 23.4 Å². The number of hydrogen-bond acceptors (Lipinski definition) is 5. The maximum Gasteiger partial charge on any atom is 0.258 e. The first kappa shape index (κ1) is 23.8. The molecule has 2 heterocycles. The lowest BCUT2D eigenvalue weighted by Gasteiger charge is -2.37. The van der Waals surface area contributed by atoms with E-state index >= 15 is 0 Å². The molecule has 0 aliphatic carbocycles. The predicted octanol–water partition coefficient (Wildman–Crippen LogP) is 6.17. The van der Waals surface area contributed by atoms with Gasteiger partial charge in [0.2, 0.25) is 5.82 Å². The number of rotatable bonds is 7. The number of methoxy groups -OCH3 is 1. The molecule has 3 aromatic carbocycles. The highest BCUT2D eigenvalue weighted by Crippen LogP contribution is 2.38. The largest absolute Gasteiger partial charge is 0.497 e. The molecule has 0 saturated heterocycles. The maximum absolute atomic E-state index is 5.86. The molecular weight excluding hydrogens is 468 g/mol. The monoisotopic (exact) mass is 496 g/mol. The van der Waals surface area contributed by atoms with Gasteiger partial charge in [-0.2, -0.15) is 4.98 Å². The van der Waals surface area contributed by atoms with Crippen LogP contribution >= 0.6 is 12.2 Å². The number of allylic oxidation sites excluding steroid dienone is 1. The molecule has 0 saturated carbocycles. The molecule has 1 aromatic heterocycles. The Hall–Kier alpha value is -3.97. The van der Waals surface area contributed by atoms with E-state index in [1.165, 1.54) is 5.56 Å². The van der Waals surface area contributed by atoms with Gasteiger partial charge in [-0.15, -0.1) is 0 Å². The number of benzene rings is 3. The Morgan fingerprint density at radius 3 is 2.50 bits per heavy atom. The number of aromatic nitrogens is 2. The van der Waals surface area contributed by atoms with E-state index in [1.807, 2.05) is 42.5 Å². The minimum atomic E-state index is -0.214. The van der Waals surface area contributed by atoms with E-state index in [-0.39, 0.29) is 6.04 Å². The van der Waals surface area contributed by atoms with Crippen molar-refractivity contribution < 1.29 is 9.26 Å². The van der Waals surface area contributed by atoms with Gasteiger partial charge in [0.05, 0.1) is 18.7 Å². The molecule has 1 atom stereocenters. The first-order valence-electron chi connectivity index (χ1n) is 12.0. The molecule has 1 aliphatic heterocycles. The van der Waals surface area contributed by atoms with E-state index < -0.39 is 0 Å². The van der Waals surface area contributed by atoms with Gasteiger partial charge in [0, 0.05) is 17.8 Å². The molecule has 6 nitrogen and oxygen atoms in total. The van der Waals surface area contributed by atoms with Gasteiger partial charge in [-0.25, -0.2) is 0 Å². The minimum Gasteiger partial charge on any atom is -0.497 e. The van der Waals surface area contributed by atoms with Gasteiger partial charge in [0.1, 0.15) is 5.75 Å². The number of ether oxygens (including phenoxy) is 1. The Kier molecular flexibility index (Phi) is 6.82. The van der Waals surface area contributed by atoms with Crippen molar-refractivity contribution in [3.8, 4) is 17.1 Å². The summed E-state index contributed by atoms with van der Waals surface area (Å²) in [6.07, 6.45) is 0.983. The van der Waals surface area contributed by atoms with E-state index in [0.717, 1.165) is 40.1 Å². The summed E-state index contributed by atoms with van der Waals surface area (Å²) in [4.78, 5) is 6.89. The molecule has 0 bridgehead atoms. The van der Waals surface area contributed by atoms with Crippen LogP contribution in [0, 0.1) is 0 Å². The zero-order chi connectivity index (χ0) is 25.1. The topological polar surface area (TPSA) is 63.4 Å². The predicted molar refractivity (Wildman–Crippen MR) is 145 cm³/mol. The smallest absolute Gasteiger partial charge is 0.258 e. The molecule has 0 radical (unpaired) electrons. The van der Waals surface area contributed by atoms with Crippen molar-refractivity contribution in [1.29, 1.82) is 0 Å². The van der Waals surface area contributed by atoms with Crippen molar-refractivity contribution in [2.24, 2.45) is 0 Å². The number of hydrogen-bond donors (Lipinski definition) is 1. The third kappa shape index (κ3) is 4.75. The fraction of sp³-hybridized carbons (Fsp3) is 0.207. The van der Waals surface area contributed by atoms with Gasteiger partial charge in [-0.1, -0.05) is 78.8 Å². The van der Waals surface area contributed by atoms with Crippen LogP contribution in [-0.2, 0) is 13.0 Å². The molecule has 0 spiro atoms. The normalized spacial score (nSPS) is 15.7. The van der Waals surface area contributed by atoms with Crippen LogP contribution in [-0.4, -0.2) is 27.3 Å². The Morgan fingerprint density at radius 2 is 1.78 bits per heavy atom. The van der Waals surface area contributed by atoms with Crippen LogP contribution in [0.25, 0.3) is 17.0 Å². The summed E-state index contributed by atoms with van der Waals surface area (Å²) in [5.74, 6) is 1.71. The highest BCUT2D eigenvalue weighted by Gasteiger charge is 2.34. The van der Waals surface area contributed by atoms with Gasteiger partial charge in [-0.05, 0) is 54.4 Å². The van der Waals surface area contributed by atoms with E-state index in [2.05, 4.69) is 65.6 Å². The minimum absolute atomic E-state index is 0.214. The highest BCUT2D eigenvalue weighted by atomic mass is 32.1. The highest BCUT2D eigenvalue weighted by molar-refractivity contribution is 7.80. The number of thiocarbonyl (C=S) groups is 1. The molecule has 1 unspecified atom stereocenters. The molecule has 36 heavy (non-hydrogen) atoms. The van der Waals surface area contributed by atoms with Crippen LogP contribution in [0.15, 0.2) is 89.1 Å². The first-order chi connectivity index (χ1) is 17.6. The summed E-state index contributed by atoms with van der Waals surface area (Å²) in [7, 11) is 1.64. The van der Waals surface area contributed by atoms with Crippen molar-refractivity contribution in [3.63, 3.8) is 0 Å². The second-order valence-corrected chi connectivity index (χ2v) is 9.09. The van der Waals surface area contributed by atoms with Crippen LogP contribution < -0.4 is 10.1 Å². The second kappa shape index (κ2) is 10.3. The van der Waals surface area contributed by atoms with Crippen molar-refractivity contribution in [2.45, 2.75) is 32.9 Å². The molecule has 182 valence electrons. The molecule has 0 amide bonds. The van der Waals surface area contributed by atoms with E-state index in [9.17, 15) is 0 Å². The Bertz CT molecular complexity index is 1400. The zero-order valence-electron chi connectivity index (χ0n) is 20.6. The van der Waals surface area contributed by atoms with Crippen molar-refractivity contribution in [1.82, 2.24) is 20.4 Å². The molecule has 7 heteroatoms. The van der Waals surface area contributed by atoms with Gasteiger partial charge in [0.25, 0.3) is 5.89 Å². The Morgan fingerprint density at radius 1 is 1.00 bits per heavy atom. The third-order valence-corrected chi connectivity index (χ3v) is 6.82. The van der Waals surface area contributed by atoms with Crippen molar-refractivity contribution in [2.75, 3.05) is 7.11 Å². The summed E-state index contributed by atoms with van der Waals surface area (Å²) in [5, 5.41) is 8.50. The molecular formula is C29H28N4O2S. The van der Waals surface area contributed by atoms with Gasteiger partial charge in [0.15, 0.2) is 5.11 Å². The summed E-state index contributed by atoms with van der Waals surface area (Å²) in [5.41, 5.74) is 6.24. The second-order valence-electron chi connectivity index (χ2n) is 8.70. The SMILES string of the molecule is CCc1ccc(C2NC(=S)N(Cc3ccccc3)C(C)=C2c2nc(-c3cccc(OC)c3)no2)cc1.